The SMILES string of the molecule is Cc1ccc(OP(=O)(Oc2ccc(C)cc2)Oc2ccc(C)cc2)cc1.O=P(OCCCl)(OCCCl)OCCCl. The summed E-state index contributed by atoms with van der Waals surface area (Å²) >= 11 is 16.1. The Morgan fingerprint density at radius 1 is 0.475 bits per heavy atom. The summed E-state index contributed by atoms with van der Waals surface area (Å²) in [5, 5.41) is 0. The summed E-state index contributed by atoms with van der Waals surface area (Å²) in [5.74, 6) is 1.87. The zero-order valence-electron chi connectivity index (χ0n) is 22.5. The Bertz CT molecular complexity index is 1080. The van der Waals surface area contributed by atoms with Crippen LogP contribution in [0.2, 0.25) is 0 Å². The van der Waals surface area contributed by atoms with E-state index in [9.17, 15) is 9.13 Å². The van der Waals surface area contributed by atoms with E-state index in [0.717, 1.165) is 16.7 Å². The molecule has 0 fully saturated rings. The van der Waals surface area contributed by atoms with Crippen LogP contribution < -0.4 is 13.6 Å². The van der Waals surface area contributed by atoms with E-state index < -0.39 is 15.6 Å². The molecule has 3 rings (SSSR count). The summed E-state index contributed by atoms with van der Waals surface area (Å²) < 4.78 is 56.4. The van der Waals surface area contributed by atoms with Crippen molar-refractivity contribution in [3.63, 3.8) is 0 Å². The number of aryl methyl sites for hydroxylation is 3. The summed E-state index contributed by atoms with van der Waals surface area (Å²) in [4.78, 5) is 0. The highest BCUT2D eigenvalue weighted by Crippen LogP contribution is 2.50. The van der Waals surface area contributed by atoms with Crippen LogP contribution in [0, 0.1) is 20.8 Å². The Hall–Kier alpha value is -1.73. The van der Waals surface area contributed by atoms with Gasteiger partial charge in [-0.05, 0) is 57.2 Å². The normalized spacial score (nSPS) is 11.3. The van der Waals surface area contributed by atoms with Gasteiger partial charge < -0.3 is 13.6 Å². The second-order valence-electron chi connectivity index (χ2n) is 8.17. The number of phosphoric ester groups is 2. The van der Waals surface area contributed by atoms with Gasteiger partial charge in [0.05, 0.1) is 19.8 Å². The molecule has 0 aromatic heterocycles. The van der Waals surface area contributed by atoms with E-state index >= 15 is 0 Å². The molecule has 3 aromatic carbocycles. The highest BCUT2D eigenvalue weighted by atomic mass is 35.5. The first-order chi connectivity index (χ1) is 19.1. The van der Waals surface area contributed by atoms with Crippen molar-refractivity contribution in [2.24, 2.45) is 0 Å². The molecule has 0 aliphatic heterocycles. The minimum Gasteiger partial charge on any atom is -0.386 e. The maximum absolute atomic E-state index is 13.3. The van der Waals surface area contributed by atoms with Crippen LogP contribution in [0.25, 0.3) is 0 Å². The average molecular weight is 654 g/mol. The first kappa shape index (κ1) is 34.5. The molecule has 0 N–H and O–H groups in total. The first-order valence-electron chi connectivity index (χ1n) is 12.2. The van der Waals surface area contributed by atoms with Crippen molar-refractivity contribution in [3.8, 4) is 17.2 Å². The maximum atomic E-state index is 13.3. The van der Waals surface area contributed by atoms with Gasteiger partial charge in [-0.2, -0.15) is 4.57 Å². The summed E-state index contributed by atoms with van der Waals surface area (Å²) in [6, 6.07) is 21.6. The number of hydrogen-bond donors (Lipinski definition) is 0. The van der Waals surface area contributed by atoms with E-state index in [2.05, 4.69) is 0 Å². The van der Waals surface area contributed by atoms with Gasteiger partial charge in [0.25, 0.3) is 0 Å². The summed E-state index contributed by atoms with van der Waals surface area (Å²) in [6.07, 6.45) is 0. The van der Waals surface area contributed by atoms with E-state index in [4.69, 9.17) is 61.9 Å². The Kier molecular flexibility index (Phi) is 15.5. The Morgan fingerprint density at radius 2 is 0.725 bits per heavy atom. The van der Waals surface area contributed by atoms with Crippen molar-refractivity contribution >= 4 is 50.4 Å². The zero-order valence-corrected chi connectivity index (χ0v) is 26.5. The molecule has 13 heteroatoms. The topological polar surface area (TPSA) is 89.5 Å². The third-order valence-corrected chi connectivity index (χ3v) is 7.96. The fourth-order valence-electron chi connectivity index (χ4n) is 2.79. The molecule has 220 valence electrons. The molecule has 0 heterocycles. The van der Waals surface area contributed by atoms with Crippen molar-refractivity contribution < 1.29 is 36.3 Å². The lowest BCUT2D eigenvalue weighted by Crippen LogP contribution is -2.07. The lowest BCUT2D eigenvalue weighted by atomic mass is 10.2. The molecule has 0 aliphatic rings. The molecule has 0 unspecified atom stereocenters. The van der Waals surface area contributed by atoms with Crippen LogP contribution in [0.1, 0.15) is 16.7 Å². The predicted molar refractivity (Wildman–Crippen MR) is 161 cm³/mol. The van der Waals surface area contributed by atoms with Gasteiger partial charge in [0, 0.05) is 17.6 Å². The quantitative estimate of drug-likeness (QED) is 0.119. The lowest BCUT2D eigenvalue weighted by molar-refractivity contribution is 0.128. The fourth-order valence-corrected chi connectivity index (χ4v) is 5.77. The molecule has 0 spiro atoms. The smallest absolute Gasteiger partial charge is 0.386 e. The third kappa shape index (κ3) is 13.3. The number of phosphoric acid groups is 2. The van der Waals surface area contributed by atoms with Gasteiger partial charge in [-0.3, -0.25) is 13.6 Å². The van der Waals surface area contributed by atoms with Crippen molar-refractivity contribution in [2.45, 2.75) is 20.8 Å². The van der Waals surface area contributed by atoms with Gasteiger partial charge in [-0.15, -0.1) is 34.8 Å². The Morgan fingerprint density at radius 3 is 0.950 bits per heavy atom. The molecule has 0 aliphatic carbocycles. The van der Waals surface area contributed by atoms with Gasteiger partial charge in [0.1, 0.15) is 17.2 Å². The van der Waals surface area contributed by atoms with Crippen LogP contribution in [-0.4, -0.2) is 37.5 Å². The number of alkyl halides is 3. The standard InChI is InChI=1S/C21H21O4P.C6H12Cl3O4P/c1-16-4-10-19(11-5-16)23-26(22,24-20-12-6-17(2)7-13-20)25-21-14-8-18(3)9-15-21;7-1-4-11-14(10,12-5-2-8)13-6-3-9/h4-15H,1-3H3;1-6H2. The number of hydrogen-bond acceptors (Lipinski definition) is 8. The maximum Gasteiger partial charge on any atom is 0.647 e. The highest BCUT2D eigenvalue weighted by molar-refractivity contribution is 7.49. The van der Waals surface area contributed by atoms with Gasteiger partial charge >= 0.3 is 15.6 Å². The molecular formula is C27H33Cl3O8P2. The van der Waals surface area contributed by atoms with E-state index in [-0.39, 0.29) is 37.5 Å². The summed E-state index contributed by atoms with van der Waals surface area (Å²) in [6.45, 7) is 6.16. The van der Waals surface area contributed by atoms with Gasteiger partial charge in [-0.1, -0.05) is 53.1 Å². The Balaban J connectivity index is 0.000000342. The number of halogens is 3. The lowest BCUT2D eigenvalue weighted by Gasteiger charge is -2.19. The molecule has 0 saturated carbocycles. The predicted octanol–water partition coefficient (Wildman–Crippen LogP) is 9.12. The van der Waals surface area contributed by atoms with Crippen LogP contribution >= 0.6 is 50.4 Å². The van der Waals surface area contributed by atoms with E-state index in [1.165, 1.54) is 0 Å². The van der Waals surface area contributed by atoms with Crippen LogP contribution in [0.4, 0.5) is 0 Å². The van der Waals surface area contributed by atoms with Crippen LogP contribution in [0.5, 0.6) is 17.2 Å². The molecule has 40 heavy (non-hydrogen) atoms. The van der Waals surface area contributed by atoms with Crippen molar-refractivity contribution in [2.75, 3.05) is 37.5 Å². The van der Waals surface area contributed by atoms with Gasteiger partial charge in [-0.25, -0.2) is 4.57 Å². The molecule has 0 saturated heterocycles. The fraction of sp³-hybridized carbons (Fsp3) is 0.333. The second kappa shape index (κ2) is 17.9. The molecule has 0 amide bonds. The van der Waals surface area contributed by atoms with Crippen LogP contribution in [-0.2, 0) is 22.7 Å². The second-order valence-corrected chi connectivity index (χ2v) is 12.4. The van der Waals surface area contributed by atoms with E-state index in [1.54, 1.807) is 36.4 Å². The minimum atomic E-state index is -3.93. The monoisotopic (exact) mass is 652 g/mol. The largest absolute Gasteiger partial charge is 0.647 e. The Labute approximate surface area is 251 Å². The van der Waals surface area contributed by atoms with Gasteiger partial charge in [0.15, 0.2) is 0 Å². The number of rotatable bonds is 15. The molecular weight excluding hydrogens is 621 g/mol. The molecule has 0 radical (unpaired) electrons. The van der Waals surface area contributed by atoms with Crippen molar-refractivity contribution in [3.05, 3.63) is 89.5 Å². The van der Waals surface area contributed by atoms with Crippen molar-refractivity contribution in [1.82, 2.24) is 0 Å². The van der Waals surface area contributed by atoms with Crippen LogP contribution in [0.3, 0.4) is 0 Å². The van der Waals surface area contributed by atoms with E-state index in [1.807, 2.05) is 57.2 Å². The van der Waals surface area contributed by atoms with Crippen molar-refractivity contribution in [1.29, 1.82) is 0 Å². The third-order valence-electron chi connectivity index (χ3n) is 4.69. The molecule has 0 atom stereocenters. The highest BCUT2D eigenvalue weighted by Gasteiger charge is 2.33. The van der Waals surface area contributed by atoms with Crippen LogP contribution in [0.15, 0.2) is 72.8 Å². The van der Waals surface area contributed by atoms with Gasteiger partial charge in [0.2, 0.25) is 0 Å². The summed E-state index contributed by atoms with van der Waals surface area (Å²) in [7, 11) is -7.45. The minimum absolute atomic E-state index is 0.0867. The molecule has 3 aromatic rings. The zero-order chi connectivity index (χ0) is 29.4. The first-order valence-corrected chi connectivity index (χ1v) is 16.7. The molecule has 0 bridgehead atoms. The number of benzene rings is 3. The summed E-state index contributed by atoms with van der Waals surface area (Å²) in [5.41, 5.74) is 3.23. The van der Waals surface area contributed by atoms with E-state index in [0.29, 0.717) is 17.2 Å². The average Bonchev–Trinajstić information content (AvgIpc) is 2.94. The molecule has 8 nitrogen and oxygen atoms in total.